The summed E-state index contributed by atoms with van der Waals surface area (Å²) in [6.07, 6.45) is 16.9. The van der Waals surface area contributed by atoms with Crippen LogP contribution in [-0.4, -0.2) is 14.2 Å². The first-order valence-electron chi connectivity index (χ1n) is 18.7. The van der Waals surface area contributed by atoms with E-state index >= 15 is 0 Å². The Kier molecular flexibility index (Phi) is 12.3. The van der Waals surface area contributed by atoms with Crippen LogP contribution >= 0.6 is 0 Å². The quantitative estimate of drug-likeness (QED) is 0.104. The molecule has 0 bridgehead atoms. The maximum atomic E-state index is 5.39. The van der Waals surface area contributed by atoms with Gasteiger partial charge < -0.3 is 19.3 Å². The minimum atomic E-state index is 0.835. The Balaban J connectivity index is 0.995. The molecule has 0 aliphatic heterocycles. The van der Waals surface area contributed by atoms with Crippen molar-refractivity contribution in [3.63, 3.8) is 0 Å². The van der Waals surface area contributed by atoms with E-state index in [0.29, 0.717) is 0 Å². The number of allylic oxidation sites excluding steroid dienone is 4. The molecule has 7 aromatic rings. The summed E-state index contributed by atoms with van der Waals surface area (Å²) in [5, 5.41) is 0. The van der Waals surface area contributed by atoms with Gasteiger partial charge in [0.2, 0.25) is 0 Å². The average molecular weight is 729 g/mol. The summed E-state index contributed by atoms with van der Waals surface area (Å²) in [5.74, 6) is 1.67. The Hall–Kier alpha value is -7.30. The molecular formula is C52H44N2O2. The second kappa shape index (κ2) is 18.6. The highest BCUT2D eigenvalue weighted by atomic mass is 16.5. The number of hydrogen-bond donors (Lipinski definition) is 0. The molecular weight excluding hydrogens is 685 g/mol. The lowest BCUT2D eigenvalue weighted by atomic mass is 10.1. The molecule has 0 unspecified atom stereocenters. The maximum Gasteiger partial charge on any atom is 0.119 e. The Morgan fingerprint density at radius 3 is 0.929 bits per heavy atom. The molecule has 0 aliphatic carbocycles. The Labute approximate surface area is 330 Å². The van der Waals surface area contributed by atoms with Crippen LogP contribution in [-0.2, 0) is 0 Å². The number of para-hydroxylation sites is 2. The van der Waals surface area contributed by atoms with E-state index in [-0.39, 0.29) is 0 Å². The van der Waals surface area contributed by atoms with Crippen LogP contribution in [0.4, 0.5) is 34.1 Å². The van der Waals surface area contributed by atoms with Crippen molar-refractivity contribution in [3.05, 3.63) is 229 Å². The molecule has 4 heteroatoms. The average Bonchev–Trinajstić information content (AvgIpc) is 3.27. The molecule has 0 aromatic heterocycles. The van der Waals surface area contributed by atoms with Gasteiger partial charge in [-0.2, -0.15) is 0 Å². The Bertz CT molecular complexity index is 2220. The van der Waals surface area contributed by atoms with Crippen molar-refractivity contribution in [1.29, 1.82) is 0 Å². The van der Waals surface area contributed by atoms with Crippen molar-refractivity contribution in [2.24, 2.45) is 0 Å². The highest BCUT2D eigenvalue weighted by Gasteiger charge is 2.13. The summed E-state index contributed by atoms with van der Waals surface area (Å²) < 4.78 is 10.8. The number of rotatable bonds is 14. The molecule has 0 heterocycles. The van der Waals surface area contributed by atoms with Crippen LogP contribution in [0.5, 0.6) is 11.5 Å². The zero-order valence-corrected chi connectivity index (χ0v) is 31.7. The standard InChI is InChI=1S/C52H44N2O2/c1-55-51-37-33-49(34-38-51)53(45-21-5-3-6-22-45)47-29-25-41(26-30-47)15-9-11-17-43-19-13-14-20-44(43)18-12-10-16-42-27-31-48(32-28-42)54(46-23-7-4-8-24-46)50-35-39-52(56-2)40-36-50/h3-40H,1-2H3/b15-9+,16-10+,17-11+,18-12+. The predicted molar refractivity (Wildman–Crippen MR) is 238 cm³/mol. The molecule has 7 aromatic carbocycles. The number of nitrogens with zero attached hydrogens (tertiary/aromatic N) is 2. The molecule has 0 radical (unpaired) electrons. The van der Waals surface area contributed by atoms with Crippen molar-refractivity contribution in [3.8, 4) is 11.5 Å². The van der Waals surface area contributed by atoms with Crippen molar-refractivity contribution in [1.82, 2.24) is 0 Å². The van der Waals surface area contributed by atoms with E-state index in [1.165, 1.54) is 0 Å². The first kappa shape index (κ1) is 37.0. The first-order valence-corrected chi connectivity index (χ1v) is 18.7. The molecule has 0 N–H and O–H groups in total. The van der Waals surface area contributed by atoms with Crippen LogP contribution in [0, 0.1) is 0 Å². The summed E-state index contributed by atoms with van der Waals surface area (Å²) in [5.41, 5.74) is 11.0. The van der Waals surface area contributed by atoms with E-state index in [2.05, 4.69) is 204 Å². The van der Waals surface area contributed by atoms with E-state index < -0.39 is 0 Å². The number of anilines is 6. The van der Waals surface area contributed by atoms with Gasteiger partial charge in [0.15, 0.2) is 0 Å². The lowest BCUT2D eigenvalue weighted by Gasteiger charge is -2.25. The number of methoxy groups -OCH3 is 2. The molecule has 0 amide bonds. The van der Waals surface area contributed by atoms with Gasteiger partial charge >= 0.3 is 0 Å². The molecule has 4 nitrogen and oxygen atoms in total. The van der Waals surface area contributed by atoms with Crippen LogP contribution in [0.15, 0.2) is 206 Å². The smallest absolute Gasteiger partial charge is 0.119 e. The third kappa shape index (κ3) is 9.43. The highest BCUT2D eigenvalue weighted by molar-refractivity contribution is 5.79. The van der Waals surface area contributed by atoms with Crippen molar-refractivity contribution >= 4 is 58.4 Å². The van der Waals surface area contributed by atoms with Gasteiger partial charge in [-0.3, -0.25) is 0 Å². The molecule has 56 heavy (non-hydrogen) atoms. The molecule has 7 rings (SSSR count). The van der Waals surface area contributed by atoms with Crippen LogP contribution in [0.2, 0.25) is 0 Å². The van der Waals surface area contributed by atoms with Gasteiger partial charge in [0.25, 0.3) is 0 Å². The fourth-order valence-electron chi connectivity index (χ4n) is 6.45. The van der Waals surface area contributed by atoms with Crippen LogP contribution in [0.3, 0.4) is 0 Å². The summed E-state index contributed by atoms with van der Waals surface area (Å²) in [4.78, 5) is 4.49. The third-order valence-corrected chi connectivity index (χ3v) is 9.34. The Morgan fingerprint density at radius 1 is 0.304 bits per heavy atom. The minimum absolute atomic E-state index is 0.835. The number of benzene rings is 7. The highest BCUT2D eigenvalue weighted by Crippen LogP contribution is 2.37. The van der Waals surface area contributed by atoms with Gasteiger partial charge in [0.05, 0.1) is 14.2 Å². The second-order valence-corrected chi connectivity index (χ2v) is 13.0. The zero-order valence-electron chi connectivity index (χ0n) is 31.7. The largest absolute Gasteiger partial charge is 0.497 e. The summed E-state index contributed by atoms with van der Waals surface area (Å²) in [6, 6.07) is 62.7. The van der Waals surface area contributed by atoms with Gasteiger partial charge in [-0.25, -0.2) is 0 Å². The van der Waals surface area contributed by atoms with Crippen molar-refractivity contribution in [2.75, 3.05) is 24.0 Å². The van der Waals surface area contributed by atoms with E-state index in [1.807, 2.05) is 36.4 Å². The molecule has 274 valence electrons. The number of hydrogen-bond acceptors (Lipinski definition) is 4. The van der Waals surface area contributed by atoms with Crippen LogP contribution < -0.4 is 19.3 Å². The predicted octanol–water partition coefficient (Wildman–Crippen LogP) is 14.1. The molecule has 0 aliphatic rings. The first-order chi connectivity index (χ1) is 27.7. The van der Waals surface area contributed by atoms with Gasteiger partial charge in [-0.05, 0) is 119 Å². The maximum absolute atomic E-state index is 5.39. The van der Waals surface area contributed by atoms with E-state index in [1.54, 1.807) is 14.2 Å². The number of ether oxygens (including phenoxy) is 2. The van der Waals surface area contributed by atoms with Crippen molar-refractivity contribution < 1.29 is 9.47 Å². The second-order valence-electron chi connectivity index (χ2n) is 13.0. The van der Waals surface area contributed by atoms with Crippen molar-refractivity contribution in [2.45, 2.75) is 0 Å². The SMILES string of the molecule is COc1ccc(N(c2ccccc2)c2ccc(/C=C/C=C/c3ccccc3/C=C/C=C/c3ccc(N(c4ccccc4)c4ccc(OC)cc4)cc3)cc2)cc1. The molecule has 0 fully saturated rings. The van der Waals surface area contributed by atoms with Gasteiger partial charge in [-0.15, -0.1) is 0 Å². The topological polar surface area (TPSA) is 24.9 Å². The molecule has 0 atom stereocenters. The lowest BCUT2D eigenvalue weighted by Crippen LogP contribution is -2.09. The Morgan fingerprint density at radius 2 is 0.589 bits per heavy atom. The normalized spacial score (nSPS) is 11.5. The summed E-state index contributed by atoms with van der Waals surface area (Å²) in [7, 11) is 3.38. The molecule has 0 saturated carbocycles. The van der Waals surface area contributed by atoms with E-state index in [0.717, 1.165) is 67.9 Å². The zero-order chi connectivity index (χ0) is 38.4. The van der Waals surface area contributed by atoms with Crippen LogP contribution in [0.25, 0.3) is 24.3 Å². The van der Waals surface area contributed by atoms with Gasteiger partial charge in [-0.1, -0.05) is 134 Å². The van der Waals surface area contributed by atoms with Gasteiger partial charge in [0.1, 0.15) is 11.5 Å². The molecule has 0 spiro atoms. The lowest BCUT2D eigenvalue weighted by molar-refractivity contribution is 0.414. The molecule has 0 saturated heterocycles. The van der Waals surface area contributed by atoms with E-state index in [4.69, 9.17) is 9.47 Å². The summed E-state index contributed by atoms with van der Waals surface area (Å²) >= 11 is 0. The van der Waals surface area contributed by atoms with Crippen LogP contribution in [0.1, 0.15) is 22.3 Å². The van der Waals surface area contributed by atoms with Gasteiger partial charge in [0, 0.05) is 34.1 Å². The fraction of sp³-hybridized carbons (Fsp3) is 0.0385. The van der Waals surface area contributed by atoms with E-state index in [9.17, 15) is 0 Å². The minimum Gasteiger partial charge on any atom is -0.497 e. The fourth-order valence-corrected chi connectivity index (χ4v) is 6.45. The monoisotopic (exact) mass is 728 g/mol. The third-order valence-electron chi connectivity index (χ3n) is 9.34. The summed E-state index contributed by atoms with van der Waals surface area (Å²) in [6.45, 7) is 0.